The number of carbonyl (C=O) groups excluding carboxylic acids is 2. The van der Waals surface area contributed by atoms with Gasteiger partial charge in [0.25, 0.3) is 5.91 Å². The van der Waals surface area contributed by atoms with Crippen LogP contribution < -0.4 is 15.4 Å². The third kappa shape index (κ3) is 3.98. The molecule has 0 saturated heterocycles. The van der Waals surface area contributed by atoms with Gasteiger partial charge < -0.3 is 15.4 Å². The number of carbonyl (C=O) groups is 2. The summed E-state index contributed by atoms with van der Waals surface area (Å²) in [6.07, 6.45) is 0.883. The second-order valence-corrected chi connectivity index (χ2v) is 7.00. The number of aromatic nitrogens is 1. The molecule has 6 nitrogen and oxygen atoms in total. The van der Waals surface area contributed by atoms with Gasteiger partial charge in [0.05, 0.1) is 22.1 Å². The Bertz CT molecular complexity index is 985. The van der Waals surface area contributed by atoms with Gasteiger partial charge in [0.1, 0.15) is 0 Å². The number of benzene rings is 2. The molecule has 0 radical (unpaired) electrons. The van der Waals surface area contributed by atoms with Crippen LogP contribution in [0.3, 0.4) is 0 Å². The van der Waals surface area contributed by atoms with E-state index in [2.05, 4.69) is 15.6 Å². The molecular formula is C20H17N3O3S. The highest BCUT2D eigenvalue weighted by Gasteiger charge is 2.20. The lowest BCUT2D eigenvalue weighted by atomic mass is 10.2. The van der Waals surface area contributed by atoms with Crippen LogP contribution in [0.15, 0.2) is 53.9 Å². The van der Waals surface area contributed by atoms with Crippen LogP contribution in [0, 0.1) is 0 Å². The highest BCUT2D eigenvalue weighted by molar-refractivity contribution is 7.09. The number of hydrogen-bond donors (Lipinski definition) is 2. The third-order valence-corrected chi connectivity index (χ3v) is 5.01. The van der Waals surface area contributed by atoms with Gasteiger partial charge in [0.15, 0.2) is 12.4 Å². The molecule has 2 aromatic carbocycles. The Morgan fingerprint density at radius 1 is 1.19 bits per heavy atom. The van der Waals surface area contributed by atoms with Crippen molar-refractivity contribution < 1.29 is 14.3 Å². The number of nitrogens with one attached hydrogen (secondary N) is 2. The molecule has 0 bridgehead atoms. The van der Waals surface area contributed by atoms with Gasteiger partial charge in [-0.15, -0.1) is 11.3 Å². The fraction of sp³-hybridized carbons (Fsp3) is 0.150. The van der Waals surface area contributed by atoms with E-state index in [9.17, 15) is 9.59 Å². The van der Waals surface area contributed by atoms with Gasteiger partial charge in [-0.05, 0) is 12.1 Å². The van der Waals surface area contributed by atoms with Crippen LogP contribution in [0.4, 0.5) is 11.4 Å². The molecular weight excluding hydrogens is 362 g/mol. The quantitative estimate of drug-likeness (QED) is 0.708. The summed E-state index contributed by atoms with van der Waals surface area (Å²) in [5.41, 5.74) is 3.12. The van der Waals surface area contributed by atoms with Crippen molar-refractivity contribution in [3.05, 3.63) is 58.9 Å². The van der Waals surface area contributed by atoms with E-state index in [0.29, 0.717) is 30.0 Å². The summed E-state index contributed by atoms with van der Waals surface area (Å²) in [6.45, 7) is -0.0543. The van der Waals surface area contributed by atoms with Crippen LogP contribution in [-0.4, -0.2) is 23.4 Å². The molecule has 1 aliphatic rings. The topological polar surface area (TPSA) is 80.3 Å². The van der Waals surface area contributed by atoms with Gasteiger partial charge in [-0.1, -0.05) is 36.4 Å². The second kappa shape index (κ2) is 7.59. The van der Waals surface area contributed by atoms with E-state index in [0.717, 1.165) is 16.3 Å². The molecule has 0 unspecified atom stereocenters. The van der Waals surface area contributed by atoms with E-state index in [1.54, 1.807) is 29.5 Å². The van der Waals surface area contributed by atoms with E-state index in [-0.39, 0.29) is 18.4 Å². The number of anilines is 2. The zero-order chi connectivity index (χ0) is 18.6. The van der Waals surface area contributed by atoms with Crippen LogP contribution in [0.1, 0.15) is 11.4 Å². The van der Waals surface area contributed by atoms with Crippen LogP contribution in [0.2, 0.25) is 0 Å². The summed E-state index contributed by atoms with van der Waals surface area (Å²) in [5.74, 6) is 0.162. The molecule has 1 aliphatic heterocycles. The maximum absolute atomic E-state index is 12.3. The highest BCUT2D eigenvalue weighted by atomic mass is 32.1. The number of nitrogens with zero attached hydrogens (tertiary/aromatic N) is 1. The van der Waals surface area contributed by atoms with Gasteiger partial charge in [0, 0.05) is 23.8 Å². The SMILES string of the molecule is O=C(CCc1nc(-c2ccccc2)cs1)Nc1cccc2c1OCC(=O)N2. The number of hydrogen-bond acceptors (Lipinski definition) is 5. The van der Waals surface area contributed by atoms with Gasteiger partial charge in [-0.3, -0.25) is 9.59 Å². The Balaban J connectivity index is 1.38. The fourth-order valence-electron chi connectivity index (χ4n) is 2.81. The minimum Gasteiger partial charge on any atom is -0.479 e. The van der Waals surface area contributed by atoms with E-state index >= 15 is 0 Å². The van der Waals surface area contributed by atoms with Crippen molar-refractivity contribution in [3.63, 3.8) is 0 Å². The average Bonchev–Trinajstić information content (AvgIpc) is 3.16. The molecule has 7 heteroatoms. The zero-order valence-electron chi connectivity index (χ0n) is 14.4. The normalized spacial score (nSPS) is 12.7. The van der Waals surface area contributed by atoms with Crippen molar-refractivity contribution in [2.24, 2.45) is 0 Å². The average molecular weight is 379 g/mol. The first-order valence-electron chi connectivity index (χ1n) is 8.54. The van der Waals surface area contributed by atoms with Crippen molar-refractivity contribution in [2.45, 2.75) is 12.8 Å². The molecule has 0 spiro atoms. The highest BCUT2D eigenvalue weighted by Crippen LogP contribution is 2.35. The molecule has 0 atom stereocenters. The van der Waals surface area contributed by atoms with Crippen LogP contribution in [0.5, 0.6) is 5.75 Å². The lowest BCUT2D eigenvalue weighted by Crippen LogP contribution is -2.26. The number of amides is 2. The molecule has 2 heterocycles. The standard InChI is InChI=1S/C20H17N3O3S/c24-17(21-14-7-4-8-15-20(14)26-11-18(25)22-15)9-10-19-23-16(12-27-19)13-5-2-1-3-6-13/h1-8,12H,9-11H2,(H,21,24)(H,22,25). The first kappa shape index (κ1) is 17.2. The van der Waals surface area contributed by atoms with E-state index < -0.39 is 0 Å². The number of para-hydroxylation sites is 1. The molecule has 0 fully saturated rings. The van der Waals surface area contributed by atoms with Crippen LogP contribution in [-0.2, 0) is 16.0 Å². The summed E-state index contributed by atoms with van der Waals surface area (Å²) >= 11 is 1.55. The largest absolute Gasteiger partial charge is 0.479 e. The summed E-state index contributed by atoms with van der Waals surface area (Å²) in [4.78, 5) is 28.3. The minimum absolute atomic E-state index is 0.0543. The van der Waals surface area contributed by atoms with E-state index in [4.69, 9.17) is 4.74 Å². The Labute approximate surface area is 160 Å². The summed E-state index contributed by atoms with van der Waals surface area (Å²) < 4.78 is 5.45. The Hall–Kier alpha value is -3.19. The summed E-state index contributed by atoms with van der Waals surface area (Å²) in [7, 11) is 0. The number of fused-ring (bicyclic) bond motifs is 1. The van der Waals surface area contributed by atoms with Crippen molar-refractivity contribution in [3.8, 4) is 17.0 Å². The minimum atomic E-state index is -0.205. The first-order valence-corrected chi connectivity index (χ1v) is 9.42. The predicted octanol–water partition coefficient (Wildman–Crippen LogP) is 3.71. The molecule has 2 amide bonds. The molecule has 0 saturated carbocycles. The molecule has 4 rings (SSSR count). The number of thiazole rings is 1. The zero-order valence-corrected chi connectivity index (χ0v) is 15.2. The number of rotatable bonds is 5. The lowest BCUT2D eigenvalue weighted by molar-refractivity contribution is -0.118. The smallest absolute Gasteiger partial charge is 0.262 e. The maximum Gasteiger partial charge on any atom is 0.262 e. The Morgan fingerprint density at radius 3 is 2.89 bits per heavy atom. The van der Waals surface area contributed by atoms with Gasteiger partial charge in [-0.25, -0.2) is 4.98 Å². The fourth-order valence-corrected chi connectivity index (χ4v) is 3.62. The maximum atomic E-state index is 12.3. The van der Waals surface area contributed by atoms with Crippen molar-refractivity contribution >= 4 is 34.5 Å². The first-order chi connectivity index (χ1) is 13.2. The molecule has 1 aromatic heterocycles. The summed E-state index contributed by atoms with van der Waals surface area (Å²) in [5, 5.41) is 8.51. The van der Waals surface area contributed by atoms with Crippen LogP contribution in [0.25, 0.3) is 11.3 Å². The molecule has 0 aliphatic carbocycles. The lowest BCUT2D eigenvalue weighted by Gasteiger charge is -2.20. The molecule has 27 heavy (non-hydrogen) atoms. The number of ether oxygens (including phenoxy) is 1. The van der Waals surface area contributed by atoms with E-state index in [1.807, 2.05) is 35.7 Å². The van der Waals surface area contributed by atoms with Crippen molar-refractivity contribution in [1.82, 2.24) is 4.98 Å². The van der Waals surface area contributed by atoms with Gasteiger partial charge >= 0.3 is 0 Å². The van der Waals surface area contributed by atoms with Crippen LogP contribution >= 0.6 is 11.3 Å². The second-order valence-electron chi connectivity index (χ2n) is 6.06. The van der Waals surface area contributed by atoms with Gasteiger partial charge in [0.2, 0.25) is 5.91 Å². The predicted molar refractivity (Wildman–Crippen MR) is 105 cm³/mol. The third-order valence-electron chi connectivity index (χ3n) is 4.10. The molecule has 3 aromatic rings. The number of aryl methyl sites for hydroxylation is 1. The monoisotopic (exact) mass is 379 g/mol. The Morgan fingerprint density at radius 2 is 2.04 bits per heavy atom. The van der Waals surface area contributed by atoms with E-state index in [1.165, 1.54) is 0 Å². The molecule has 2 N–H and O–H groups in total. The van der Waals surface area contributed by atoms with Gasteiger partial charge in [-0.2, -0.15) is 0 Å². The van der Waals surface area contributed by atoms with Crippen molar-refractivity contribution in [2.75, 3.05) is 17.2 Å². The summed E-state index contributed by atoms with van der Waals surface area (Å²) in [6, 6.07) is 15.2. The Kier molecular flexibility index (Phi) is 4.84. The van der Waals surface area contributed by atoms with Crippen molar-refractivity contribution in [1.29, 1.82) is 0 Å². The molecule has 136 valence electrons.